The zero-order valence-electron chi connectivity index (χ0n) is 11.2. The van der Waals surface area contributed by atoms with Crippen molar-refractivity contribution in [2.75, 3.05) is 26.2 Å². The molecule has 0 aromatic rings. The van der Waals surface area contributed by atoms with Crippen LogP contribution in [0.3, 0.4) is 0 Å². The van der Waals surface area contributed by atoms with Crippen LogP contribution in [0.1, 0.15) is 52.9 Å². The van der Waals surface area contributed by atoms with Gasteiger partial charge in [0.25, 0.3) is 0 Å². The summed E-state index contributed by atoms with van der Waals surface area (Å²) in [4.78, 5) is 13.8. The maximum absolute atomic E-state index is 11.4. The molecule has 3 nitrogen and oxygen atoms in total. The summed E-state index contributed by atoms with van der Waals surface area (Å²) in [6, 6.07) is 0. The molecule has 0 aromatic carbocycles. The Labute approximate surface area is 101 Å². The Bertz CT molecular complexity index is 165. The largest absolute Gasteiger partial charge is 0.355 e. The predicted molar refractivity (Wildman–Crippen MR) is 69.6 cm³/mol. The van der Waals surface area contributed by atoms with Crippen LogP contribution in [-0.4, -0.2) is 37.0 Å². The highest BCUT2D eigenvalue weighted by molar-refractivity contribution is 5.75. The van der Waals surface area contributed by atoms with Crippen molar-refractivity contribution in [2.45, 2.75) is 52.9 Å². The summed E-state index contributed by atoms with van der Waals surface area (Å²) in [6.45, 7) is 10.6. The molecule has 1 N–H and O–H groups in total. The van der Waals surface area contributed by atoms with Crippen LogP contribution in [0.15, 0.2) is 0 Å². The summed E-state index contributed by atoms with van der Waals surface area (Å²) in [5.41, 5.74) is 0. The minimum Gasteiger partial charge on any atom is -0.355 e. The fourth-order valence-electron chi connectivity index (χ4n) is 1.75. The average molecular weight is 228 g/mol. The Morgan fingerprint density at radius 3 is 2.12 bits per heavy atom. The average Bonchev–Trinajstić information content (AvgIpc) is 2.27. The highest BCUT2D eigenvalue weighted by atomic mass is 16.1. The van der Waals surface area contributed by atoms with Gasteiger partial charge in [-0.25, -0.2) is 0 Å². The molecule has 0 aliphatic rings. The molecule has 0 aliphatic carbocycles. The molecule has 96 valence electrons. The molecule has 0 unspecified atom stereocenters. The van der Waals surface area contributed by atoms with E-state index >= 15 is 0 Å². The summed E-state index contributed by atoms with van der Waals surface area (Å²) in [5, 5.41) is 2.98. The minimum absolute atomic E-state index is 0.204. The molecule has 0 bridgehead atoms. The monoisotopic (exact) mass is 228 g/mol. The molecule has 0 spiro atoms. The van der Waals surface area contributed by atoms with Gasteiger partial charge in [-0.1, -0.05) is 27.2 Å². The second-order valence-electron chi connectivity index (χ2n) is 4.30. The SMILES string of the molecule is CCCCC(=O)NCCN(CCC)CCC. The van der Waals surface area contributed by atoms with Gasteiger partial charge in [-0.2, -0.15) is 0 Å². The summed E-state index contributed by atoms with van der Waals surface area (Å²) < 4.78 is 0. The van der Waals surface area contributed by atoms with E-state index in [4.69, 9.17) is 0 Å². The highest BCUT2D eigenvalue weighted by Crippen LogP contribution is 1.95. The van der Waals surface area contributed by atoms with Crippen LogP contribution in [0, 0.1) is 0 Å². The number of hydrogen-bond donors (Lipinski definition) is 1. The van der Waals surface area contributed by atoms with Crippen molar-refractivity contribution < 1.29 is 4.79 Å². The molecule has 0 saturated carbocycles. The Morgan fingerprint density at radius 1 is 1.00 bits per heavy atom. The van der Waals surface area contributed by atoms with Crippen LogP contribution in [-0.2, 0) is 4.79 Å². The number of nitrogens with one attached hydrogen (secondary N) is 1. The van der Waals surface area contributed by atoms with Crippen LogP contribution >= 0.6 is 0 Å². The molecule has 0 aromatic heterocycles. The van der Waals surface area contributed by atoms with Crippen LogP contribution in [0.5, 0.6) is 0 Å². The Morgan fingerprint density at radius 2 is 1.62 bits per heavy atom. The fraction of sp³-hybridized carbons (Fsp3) is 0.923. The van der Waals surface area contributed by atoms with Gasteiger partial charge in [0, 0.05) is 19.5 Å². The lowest BCUT2D eigenvalue weighted by Crippen LogP contribution is -2.35. The summed E-state index contributed by atoms with van der Waals surface area (Å²) in [5.74, 6) is 0.204. The van der Waals surface area contributed by atoms with Crippen molar-refractivity contribution in [3.8, 4) is 0 Å². The third-order valence-electron chi connectivity index (χ3n) is 2.59. The second kappa shape index (κ2) is 10.9. The van der Waals surface area contributed by atoms with Crippen molar-refractivity contribution in [3.05, 3.63) is 0 Å². The van der Waals surface area contributed by atoms with Gasteiger partial charge in [-0.15, -0.1) is 0 Å². The molecule has 16 heavy (non-hydrogen) atoms. The van der Waals surface area contributed by atoms with E-state index < -0.39 is 0 Å². The molecule has 0 rings (SSSR count). The standard InChI is InChI=1S/C13H28N2O/c1-4-7-8-13(16)14-9-12-15(10-5-2)11-6-3/h4-12H2,1-3H3,(H,14,16). The molecular weight excluding hydrogens is 200 g/mol. The first kappa shape index (κ1) is 15.4. The second-order valence-corrected chi connectivity index (χ2v) is 4.30. The van der Waals surface area contributed by atoms with Crippen molar-refractivity contribution in [1.82, 2.24) is 10.2 Å². The van der Waals surface area contributed by atoms with Gasteiger partial charge in [0.1, 0.15) is 0 Å². The highest BCUT2D eigenvalue weighted by Gasteiger charge is 2.03. The van der Waals surface area contributed by atoms with Crippen LogP contribution in [0.2, 0.25) is 0 Å². The van der Waals surface area contributed by atoms with E-state index in [0.717, 1.165) is 39.0 Å². The Kier molecular flexibility index (Phi) is 10.5. The van der Waals surface area contributed by atoms with E-state index in [1.165, 1.54) is 12.8 Å². The minimum atomic E-state index is 0.204. The number of hydrogen-bond acceptors (Lipinski definition) is 2. The van der Waals surface area contributed by atoms with Crippen molar-refractivity contribution in [2.24, 2.45) is 0 Å². The molecule has 0 heterocycles. The van der Waals surface area contributed by atoms with E-state index in [1.54, 1.807) is 0 Å². The molecule has 1 amide bonds. The van der Waals surface area contributed by atoms with Crippen LogP contribution in [0.25, 0.3) is 0 Å². The lowest BCUT2D eigenvalue weighted by Gasteiger charge is -2.20. The molecule has 0 fully saturated rings. The van der Waals surface area contributed by atoms with Gasteiger partial charge in [0.15, 0.2) is 0 Å². The van der Waals surface area contributed by atoms with Crippen LogP contribution < -0.4 is 5.32 Å². The number of carbonyl (C=O) groups is 1. The van der Waals surface area contributed by atoms with Gasteiger partial charge in [-0.3, -0.25) is 4.79 Å². The third kappa shape index (κ3) is 8.72. The molecule has 0 atom stereocenters. The Hall–Kier alpha value is -0.570. The normalized spacial score (nSPS) is 10.8. The molecule has 0 aliphatic heterocycles. The van der Waals surface area contributed by atoms with E-state index in [0.29, 0.717) is 6.42 Å². The number of carbonyl (C=O) groups excluding carboxylic acids is 1. The van der Waals surface area contributed by atoms with E-state index in [9.17, 15) is 4.79 Å². The maximum Gasteiger partial charge on any atom is 0.220 e. The lowest BCUT2D eigenvalue weighted by molar-refractivity contribution is -0.121. The van der Waals surface area contributed by atoms with Gasteiger partial charge >= 0.3 is 0 Å². The quantitative estimate of drug-likeness (QED) is 0.623. The summed E-state index contributed by atoms with van der Waals surface area (Å²) in [7, 11) is 0. The first-order valence-electron chi connectivity index (χ1n) is 6.73. The van der Waals surface area contributed by atoms with Crippen molar-refractivity contribution >= 4 is 5.91 Å². The smallest absolute Gasteiger partial charge is 0.220 e. The van der Waals surface area contributed by atoms with Gasteiger partial charge in [-0.05, 0) is 32.4 Å². The predicted octanol–water partition coefficient (Wildman–Crippen LogP) is 2.41. The third-order valence-corrected chi connectivity index (χ3v) is 2.59. The van der Waals surface area contributed by atoms with Crippen LogP contribution in [0.4, 0.5) is 0 Å². The first-order chi connectivity index (χ1) is 7.74. The topological polar surface area (TPSA) is 32.3 Å². The Balaban J connectivity index is 3.55. The molecule has 0 radical (unpaired) electrons. The lowest BCUT2D eigenvalue weighted by atomic mass is 10.2. The summed E-state index contributed by atoms with van der Waals surface area (Å²) in [6.07, 6.45) is 5.14. The molecular formula is C13H28N2O. The number of unbranched alkanes of at least 4 members (excludes halogenated alkanes) is 1. The van der Waals surface area contributed by atoms with Gasteiger partial charge in [0.05, 0.1) is 0 Å². The fourth-order valence-corrected chi connectivity index (χ4v) is 1.75. The summed E-state index contributed by atoms with van der Waals surface area (Å²) >= 11 is 0. The molecule has 0 saturated heterocycles. The zero-order valence-corrected chi connectivity index (χ0v) is 11.2. The van der Waals surface area contributed by atoms with Gasteiger partial charge < -0.3 is 10.2 Å². The van der Waals surface area contributed by atoms with E-state index in [-0.39, 0.29) is 5.91 Å². The maximum atomic E-state index is 11.4. The van der Waals surface area contributed by atoms with E-state index in [1.807, 2.05) is 0 Å². The zero-order chi connectivity index (χ0) is 12.2. The van der Waals surface area contributed by atoms with Crippen molar-refractivity contribution in [3.63, 3.8) is 0 Å². The molecule has 3 heteroatoms. The first-order valence-corrected chi connectivity index (χ1v) is 6.73. The number of nitrogens with zero attached hydrogens (tertiary/aromatic N) is 1. The van der Waals surface area contributed by atoms with Crippen molar-refractivity contribution in [1.29, 1.82) is 0 Å². The van der Waals surface area contributed by atoms with E-state index in [2.05, 4.69) is 31.0 Å². The van der Waals surface area contributed by atoms with Gasteiger partial charge in [0.2, 0.25) is 5.91 Å². The number of amides is 1. The number of rotatable bonds is 10.